The lowest BCUT2D eigenvalue weighted by Crippen LogP contribution is -2.45. The number of benzene rings is 2. The van der Waals surface area contributed by atoms with Crippen molar-refractivity contribution >= 4 is 18.0 Å². The summed E-state index contributed by atoms with van der Waals surface area (Å²) in [6.07, 6.45) is -0.683. The molecule has 0 saturated carbocycles. The summed E-state index contributed by atoms with van der Waals surface area (Å²) in [4.78, 5) is 34.7. The summed E-state index contributed by atoms with van der Waals surface area (Å²) in [5, 5.41) is 4.87. The fraction of sp³-hybridized carbons (Fsp3) is 0.286. The van der Waals surface area contributed by atoms with E-state index in [4.69, 9.17) is 4.74 Å². The van der Waals surface area contributed by atoms with Crippen molar-refractivity contribution < 1.29 is 23.9 Å². The highest BCUT2D eigenvalue weighted by Crippen LogP contribution is 2.44. The van der Waals surface area contributed by atoms with E-state index >= 15 is 0 Å². The number of fused-ring (bicyclic) bond motifs is 3. The molecule has 0 saturated heterocycles. The third-order valence-corrected chi connectivity index (χ3v) is 4.59. The molecule has 2 N–H and O–H groups in total. The topological polar surface area (TPSA) is 93.7 Å². The van der Waals surface area contributed by atoms with Gasteiger partial charge in [-0.1, -0.05) is 48.5 Å². The Morgan fingerprint density at radius 1 is 0.964 bits per heavy atom. The van der Waals surface area contributed by atoms with Gasteiger partial charge < -0.3 is 20.1 Å². The second-order valence-corrected chi connectivity index (χ2v) is 6.51. The summed E-state index contributed by atoms with van der Waals surface area (Å²) in [5.41, 5.74) is 4.52. The van der Waals surface area contributed by atoms with Crippen LogP contribution in [0.15, 0.2) is 48.5 Å². The maximum Gasteiger partial charge on any atom is 0.407 e. The molecule has 7 nitrogen and oxygen atoms in total. The van der Waals surface area contributed by atoms with Gasteiger partial charge in [-0.05, 0) is 29.2 Å². The molecule has 1 atom stereocenters. The van der Waals surface area contributed by atoms with Gasteiger partial charge >= 0.3 is 12.1 Å². The minimum absolute atomic E-state index is 0.0498. The highest BCUT2D eigenvalue weighted by atomic mass is 16.6. The quantitative estimate of drug-likeness (QED) is 0.592. The Kier molecular flexibility index (Phi) is 5.93. The number of rotatable bonds is 6. The lowest BCUT2D eigenvalue weighted by atomic mass is 9.98. The maximum absolute atomic E-state index is 12.1. The summed E-state index contributed by atoms with van der Waals surface area (Å²) < 4.78 is 10.0. The van der Waals surface area contributed by atoms with E-state index in [1.54, 1.807) is 0 Å². The minimum atomic E-state index is -0.828. The molecule has 7 heteroatoms. The third kappa shape index (κ3) is 4.31. The average Bonchev–Trinajstić information content (AvgIpc) is 3.00. The molecular formula is C21H22N2O5. The molecule has 0 radical (unpaired) electrons. The number of nitrogens with one attached hydrogen (secondary N) is 2. The van der Waals surface area contributed by atoms with E-state index in [2.05, 4.69) is 27.5 Å². The normalized spacial score (nSPS) is 13.1. The molecule has 0 heterocycles. The molecule has 2 amide bonds. The van der Waals surface area contributed by atoms with Crippen LogP contribution in [0.1, 0.15) is 30.9 Å². The van der Waals surface area contributed by atoms with E-state index in [0.29, 0.717) is 0 Å². The summed E-state index contributed by atoms with van der Waals surface area (Å²) in [6.45, 7) is 2.68. The molecule has 0 unspecified atom stereocenters. The van der Waals surface area contributed by atoms with Crippen molar-refractivity contribution in [2.24, 2.45) is 0 Å². The summed E-state index contributed by atoms with van der Waals surface area (Å²) >= 11 is 0. The van der Waals surface area contributed by atoms with Crippen molar-refractivity contribution in [2.45, 2.75) is 25.8 Å². The Hall–Kier alpha value is -3.35. The molecule has 0 bridgehead atoms. The van der Waals surface area contributed by atoms with Crippen LogP contribution in [0.4, 0.5) is 4.79 Å². The van der Waals surface area contributed by atoms with E-state index in [-0.39, 0.29) is 19.3 Å². The van der Waals surface area contributed by atoms with Crippen LogP contribution in [0, 0.1) is 0 Å². The minimum Gasteiger partial charge on any atom is -0.449 e. The second kappa shape index (κ2) is 8.56. The van der Waals surface area contributed by atoms with Gasteiger partial charge in [0.05, 0.1) is 0 Å². The average molecular weight is 382 g/mol. The Labute approximate surface area is 163 Å². The number of amides is 2. The van der Waals surface area contributed by atoms with Gasteiger partial charge in [-0.2, -0.15) is 0 Å². The predicted octanol–water partition coefficient (Wildman–Crippen LogP) is 2.55. The number of hydrogen-bond donors (Lipinski definition) is 2. The van der Waals surface area contributed by atoms with Crippen LogP contribution >= 0.6 is 0 Å². The molecule has 146 valence electrons. The largest absolute Gasteiger partial charge is 0.449 e. The zero-order valence-corrected chi connectivity index (χ0v) is 15.7. The molecule has 3 rings (SSSR count). The Morgan fingerprint density at radius 3 is 2.11 bits per heavy atom. The molecule has 28 heavy (non-hydrogen) atoms. The van der Waals surface area contributed by atoms with Crippen LogP contribution in [0.2, 0.25) is 0 Å². The molecule has 0 spiro atoms. The van der Waals surface area contributed by atoms with Crippen molar-refractivity contribution in [2.75, 3.05) is 13.3 Å². The first-order valence-corrected chi connectivity index (χ1v) is 9.00. The van der Waals surface area contributed by atoms with E-state index in [1.807, 2.05) is 36.4 Å². The number of hydrogen-bond acceptors (Lipinski definition) is 5. The molecular weight excluding hydrogens is 360 g/mol. The van der Waals surface area contributed by atoms with Crippen LogP contribution in [0.5, 0.6) is 0 Å². The van der Waals surface area contributed by atoms with Crippen LogP contribution < -0.4 is 10.6 Å². The van der Waals surface area contributed by atoms with Crippen molar-refractivity contribution in [3.8, 4) is 11.1 Å². The zero-order valence-electron chi connectivity index (χ0n) is 15.7. The van der Waals surface area contributed by atoms with Crippen molar-refractivity contribution in [1.29, 1.82) is 0 Å². The van der Waals surface area contributed by atoms with Gasteiger partial charge in [-0.3, -0.25) is 9.59 Å². The zero-order chi connectivity index (χ0) is 20.1. The van der Waals surface area contributed by atoms with Gasteiger partial charge in [0.2, 0.25) is 5.91 Å². The Balaban J connectivity index is 1.56. The van der Waals surface area contributed by atoms with Crippen LogP contribution in [0.25, 0.3) is 11.1 Å². The first-order chi connectivity index (χ1) is 13.5. The van der Waals surface area contributed by atoms with E-state index in [9.17, 15) is 14.4 Å². The van der Waals surface area contributed by atoms with E-state index in [1.165, 1.54) is 13.8 Å². The first kappa shape index (κ1) is 19.4. The summed E-state index contributed by atoms with van der Waals surface area (Å²) in [6, 6.07) is 15.3. The molecule has 2 aromatic rings. The molecule has 0 fully saturated rings. The molecule has 0 aliphatic heterocycles. The Bertz CT molecular complexity index is 850. The third-order valence-electron chi connectivity index (χ3n) is 4.59. The van der Waals surface area contributed by atoms with Crippen molar-refractivity contribution in [3.05, 3.63) is 59.7 Å². The highest BCUT2D eigenvalue weighted by molar-refractivity contribution is 5.85. The standard InChI is InChI=1S/C21H22N2O5/c1-13(20(25)22-12-28-14(2)24)23-21(26)27-11-19-17-9-5-3-7-15(17)16-8-4-6-10-18(16)19/h3-10,13,19H,11-12H2,1-2H3,(H,22,25)(H,23,26)/t13-/m1/s1. The molecule has 2 aromatic carbocycles. The lowest BCUT2D eigenvalue weighted by molar-refractivity contribution is -0.143. The molecule has 1 aliphatic carbocycles. The van der Waals surface area contributed by atoms with Gasteiger partial charge in [-0.15, -0.1) is 0 Å². The SMILES string of the molecule is CC(=O)OCNC(=O)[C@@H](C)NC(=O)OCC1c2ccccc2-c2ccccc21. The van der Waals surface area contributed by atoms with Gasteiger partial charge in [-0.25, -0.2) is 4.79 Å². The summed E-state index contributed by atoms with van der Waals surface area (Å²) in [5.74, 6) is -1.03. The fourth-order valence-electron chi connectivity index (χ4n) is 3.24. The van der Waals surface area contributed by atoms with E-state index < -0.39 is 24.0 Å². The predicted molar refractivity (Wildman–Crippen MR) is 102 cm³/mol. The summed E-state index contributed by atoms with van der Waals surface area (Å²) in [7, 11) is 0. The maximum atomic E-state index is 12.1. The van der Waals surface area contributed by atoms with Gasteiger partial charge in [0, 0.05) is 12.8 Å². The number of carbonyl (C=O) groups is 3. The van der Waals surface area contributed by atoms with Crippen LogP contribution in [-0.2, 0) is 19.1 Å². The van der Waals surface area contributed by atoms with Gasteiger partial charge in [0.25, 0.3) is 0 Å². The van der Waals surface area contributed by atoms with Crippen molar-refractivity contribution in [3.63, 3.8) is 0 Å². The number of esters is 1. The first-order valence-electron chi connectivity index (χ1n) is 9.00. The second-order valence-electron chi connectivity index (χ2n) is 6.51. The fourth-order valence-corrected chi connectivity index (χ4v) is 3.24. The molecule has 0 aromatic heterocycles. The van der Waals surface area contributed by atoms with Gasteiger partial charge in [0.15, 0.2) is 6.73 Å². The smallest absolute Gasteiger partial charge is 0.407 e. The number of ether oxygens (including phenoxy) is 2. The van der Waals surface area contributed by atoms with Crippen molar-refractivity contribution in [1.82, 2.24) is 10.6 Å². The van der Waals surface area contributed by atoms with Crippen LogP contribution in [-0.4, -0.2) is 37.3 Å². The lowest BCUT2D eigenvalue weighted by Gasteiger charge is -2.17. The highest BCUT2D eigenvalue weighted by Gasteiger charge is 2.29. The van der Waals surface area contributed by atoms with Gasteiger partial charge in [0.1, 0.15) is 12.6 Å². The van der Waals surface area contributed by atoms with E-state index in [0.717, 1.165) is 22.3 Å². The number of alkyl carbamates (subject to hydrolysis) is 1. The molecule has 1 aliphatic rings. The number of carbonyl (C=O) groups excluding carboxylic acids is 3. The Morgan fingerprint density at radius 2 is 1.54 bits per heavy atom. The monoisotopic (exact) mass is 382 g/mol. The van der Waals surface area contributed by atoms with Crippen LogP contribution in [0.3, 0.4) is 0 Å².